The third-order valence-corrected chi connectivity index (χ3v) is 2.01. The Balaban J connectivity index is 2.32. The zero-order valence-corrected chi connectivity index (χ0v) is 8.92. The van der Waals surface area contributed by atoms with Gasteiger partial charge in [-0.25, -0.2) is 0 Å². The number of nitrogens with zero attached hydrogens (tertiary/aromatic N) is 3. The fourth-order valence-electron chi connectivity index (χ4n) is 1.30. The van der Waals surface area contributed by atoms with E-state index in [2.05, 4.69) is 15.2 Å². The quantitative estimate of drug-likeness (QED) is 0.841. The van der Waals surface area contributed by atoms with E-state index in [1.165, 1.54) is 0 Å². The highest BCUT2D eigenvalue weighted by Crippen LogP contribution is 2.20. The minimum absolute atomic E-state index is 0.401. The van der Waals surface area contributed by atoms with Gasteiger partial charge in [-0.05, 0) is 25.1 Å². The second-order valence-corrected chi connectivity index (χ2v) is 3.19. The van der Waals surface area contributed by atoms with Gasteiger partial charge in [0.2, 0.25) is 0 Å². The minimum atomic E-state index is 0.401. The average Bonchev–Trinajstić information content (AvgIpc) is 2.31. The summed E-state index contributed by atoms with van der Waals surface area (Å²) in [6.07, 6.45) is 3.38. The van der Waals surface area contributed by atoms with Crippen LogP contribution < -0.4 is 10.5 Å². The maximum atomic E-state index is 5.47. The number of hydrogen-bond donors (Lipinski definition) is 1. The van der Waals surface area contributed by atoms with Gasteiger partial charge in [0.05, 0.1) is 18.5 Å². The van der Waals surface area contributed by atoms with Gasteiger partial charge in [0.1, 0.15) is 11.6 Å². The van der Waals surface area contributed by atoms with E-state index in [-0.39, 0.29) is 0 Å². The Morgan fingerprint density at radius 1 is 1.25 bits per heavy atom. The van der Waals surface area contributed by atoms with E-state index < -0.39 is 0 Å². The Hall–Kier alpha value is -2.17. The molecule has 16 heavy (non-hydrogen) atoms. The van der Waals surface area contributed by atoms with Crippen LogP contribution in [0.3, 0.4) is 0 Å². The van der Waals surface area contributed by atoms with Gasteiger partial charge in [-0.3, -0.25) is 4.98 Å². The second kappa shape index (κ2) is 4.57. The average molecular weight is 216 g/mol. The molecule has 82 valence electrons. The van der Waals surface area contributed by atoms with Crippen LogP contribution in [0.5, 0.6) is 5.75 Å². The third-order valence-electron chi connectivity index (χ3n) is 2.01. The van der Waals surface area contributed by atoms with E-state index in [1.807, 2.05) is 13.0 Å². The first kappa shape index (κ1) is 10.4. The van der Waals surface area contributed by atoms with Crippen LogP contribution in [-0.2, 0) is 0 Å². The molecule has 0 fully saturated rings. The van der Waals surface area contributed by atoms with Crippen molar-refractivity contribution in [2.45, 2.75) is 6.92 Å². The van der Waals surface area contributed by atoms with Gasteiger partial charge in [-0.2, -0.15) is 0 Å². The molecule has 0 unspecified atom stereocenters. The van der Waals surface area contributed by atoms with Crippen molar-refractivity contribution in [3.8, 4) is 17.0 Å². The molecule has 0 aliphatic heterocycles. The van der Waals surface area contributed by atoms with Crippen LogP contribution in [0.25, 0.3) is 11.3 Å². The van der Waals surface area contributed by atoms with Crippen LogP contribution in [0.2, 0.25) is 0 Å². The minimum Gasteiger partial charge on any atom is -0.492 e. The Morgan fingerprint density at radius 2 is 2.12 bits per heavy atom. The van der Waals surface area contributed by atoms with Crippen molar-refractivity contribution in [3.05, 3.63) is 30.6 Å². The lowest BCUT2D eigenvalue weighted by atomic mass is 10.2. The van der Waals surface area contributed by atoms with Gasteiger partial charge in [-0.15, -0.1) is 10.2 Å². The summed E-state index contributed by atoms with van der Waals surface area (Å²) in [6.45, 7) is 2.54. The third kappa shape index (κ3) is 2.25. The SMILES string of the molecule is CCOc1cncc(-c2ccc(N)nn2)c1. The van der Waals surface area contributed by atoms with Crippen LogP contribution in [-0.4, -0.2) is 21.8 Å². The van der Waals surface area contributed by atoms with Crippen molar-refractivity contribution >= 4 is 5.82 Å². The lowest BCUT2D eigenvalue weighted by Crippen LogP contribution is -1.95. The Kier molecular flexibility index (Phi) is 2.95. The summed E-state index contributed by atoms with van der Waals surface area (Å²) in [5.41, 5.74) is 7.05. The van der Waals surface area contributed by atoms with Gasteiger partial charge in [0, 0.05) is 11.8 Å². The number of pyridine rings is 1. The van der Waals surface area contributed by atoms with Crippen molar-refractivity contribution in [2.75, 3.05) is 12.3 Å². The highest BCUT2D eigenvalue weighted by atomic mass is 16.5. The van der Waals surface area contributed by atoms with E-state index in [0.29, 0.717) is 12.4 Å². The number of hydrogen-bond acceptors (Lipinski definition) is 5. The summed E-state index contributed by atoms with van der Waals surface area (Å²) < 4.78 is 5.36. The number of nitrogens with two attached hydrogens (primary N) is 1. The van der Waals surface area contributed by atoms with Gasteiger partial charge in [0.25, 0.3) is 0 Å². The van der Waals surface area contributed by atoms with Crippen LogP contribution in [0.4, 0.5) is 5.82 Å². The molecule has 0 spiro atoms. The number of nitrogen functional groups attached to an aromatic ring is 1. The molecule has 0 aliphatic rings. The van der Waals surface area contributed by atoms with Crippen molar-refractivity contribution < 1.29 is 4.74 Å². The monoisotopic (exact) mass is 216 g/mol. The molecule has 0 aliphatic carbocycles. The Labute approximate surface area is 93.3 Å². The molecular weight excluding hydrogens is 204 g/mol. The molecule has 2 aromatic heterocycles. The topological polar surface area (TPSA) is 73.9 Å². The van der Waals surface area contributed by atoms with Crippen LogP contribution in [0.15, 0.2) is 30.6 Å². The summed E-state index contributed by atoms with van der Waals surface area (Å²) in [6, 6.07) is 5.38. The first-order chi connectivity index (χ1) is 7.79. The number of ether oxygens (including phenoxy) is 1. The van der Waals surface area contributed by atoms with Gasteiger partial charge in [0.15, 0.2) is 0 Å². The predicted octanol–water partition coefficient (Wildman–Crippen LogP) is 1.52. The lowest BCUT2D eigenvalue weighted by Gasteiger charge is -2.04. The molecule has 0 saturated carbocycles. The van der Waals surface area contributed by atoms with Crippen LogP contribution in [0, 0.1) is 0 Å². The zero-order valence-electron chi connectivity index (χ0n) is 8.92. The van der Waals surface area contributed by atoms with E-state index >= 15 is 0 Å². The molecule has 0 radical (unpaired) electrons. The standard InChI is InChI=1S/C11H12N4O/c1-2-16-9-5-8(6-13-7-9)10-3-4-11(12)15-14-10/h3-7H,2H2,1H3,(H2,12,15). The maximum Gasteiger partial charge on any atom is 0.146 e. The van der Waals surface area contributed by atoms with Crippen molar-refractivity contribution in [3.63, 3.8) is 0 Å². The molecule has 5 heteroatoms. The fourth-order valence-corrected chi connectivity index (χ4v) is 1.30. The molecule has 0 saturated heterocycles. The molecule has 2 rings (SSSR count). The van der Waals surface area contributed by atoms with Gasteiger partial charge in [-0.1, -0.05) is 0 Å². The molecular formula is C11H12N4O. The highest BCUT2D eigenvalue weighted by molar-refractivity contribution is 5.59. The first-order valence-electron chi connectivity index (χ1n) is 4.97. The molecule has 0 amide bonds. The highest BCUT2D eigenvalue weighted by Gasteiger charge is 2.02. The predicted molar refractivity (Wildman–Crippen MR) is 60.8 cm³/mol. The summed E-state index contributed by atoms with van der Waals surface area (Å²) in [5.74, 6) is 1.12. The second-order valence-electron chi connectivity index (χ2n) is 3.19. The van der Waals surface area contributed by atoms with Crippen molar-refractivity contribution in [1.29, 1.82) is 0 Å². The van der Waals surface area contributed by atoms with Crippen molar-refractivity contribution in [2.24, 2.45) is 0 Å². The van der Waals surface area contributed by atoms with Crippen LogP contribution in [0.1, 0.15) is 6.92 Å². The van der Waals surface area contributed by atoms with Crippen LogP contribution >= 0.6 is 0 Å². The number of aromatic nitrogens is 3. The van der Waals surface area contributed by atoms with Gasteiger partial charge < -0.3 is 10.5 Å². The normalized spacial score (nSPS) is 10.1. The molecule has 2 heterocycles. The summed E-state index contributed by atoms with van der Waals surface area (Å²) in [5, 5.41) is 7.77. The molecule has 0 aromatic carbocycles. The van der Waals surface area contributed by atoms with Gasteiger partial charge >= 0.3 is 0 Å². The number of rotatable bonds is 3. The first-order valence-corrected chi connectivity index (χ1v) is 4.97. The molecule has 0 bridgehead atoms. The summed E-state index contributed by atoms with van der Waals surface area (Å²) in [4.78, 5) is 4.08. The lowest BCUT2D eigenvalue weighted by molar-refractivity contribution is 0.339. The zero-order chi connectivity index (χ0) is 11.4. The van der Waals surface area contributed by atoms with Crippen molar-refractivity contribution in [1.82, 2.24) is 15.2 Å². The van der Waals surface area contributed by atoms with E-state index in [0.717, 1.165) is 17.0 Å². The fraction of sp³-hybridized carbons (Fsp3) is 0.182. The van der Waals surface area contributed by atoms with E-state index in [4.69, 9.17) is 10.5 Å². The summed E-state index contributed by atoms with van der Waals surface area (Å²) >= 11 is 0. The number of anilines is 1. The molecule has 2 aromatic rings. The summed E-state index contributed by atoms with van der Waals surface area (Å²) in [7, 11) is 0. The molecule has 2 N–H and O–H groups in total. The smallest absolute Gasteiger partial charge is 0.146 e. The van der Waals surface area contributed by atoms with E-state index in [9.17, 15) is 0 Å². The Morgan fingerprint density at radius 3 is 2.81 bits per heavy atom. The molecule has 0 atom stereocenters. The maximum absolute atomic E-state index is 5.47. The largest absolute Gasteiger partial charge is 0.492 e. The van der Waals surface area contributed by atoms with E-state index in [1.54, 1.807) is 24.5 Å². The molecule has 5 nitrogen and oxygen atoms in total. The Bertz CT molecular complexity index is 470.